The Morgan fingerprint density at radius 1 is 1.17 bits per heavy atom. The predicted octanol–water partition coefficient (Wildman–Crippen LogP) is 2.86. The summed E-state index contributed by atoms with van der Waals surface area (Å²) in [6.45, 7) is 10.7. The molecule has 0 aliphatic carbocycles. The molecule has 168 valence electrons. The first-order chi connectivity index (χ1) is 14.7. The van der Waals surface area contributed by atoms with Gasteiger partial charge in [0.15, 0.2) is 5.96 Å². The maximum atomic E-state index is 9.63. The van der Waals surface area contributed by atoms with Gasteiger partial charge >= 0.3 is 0 Å². The molecule has 2 heterocycles. The number of likely N-dealkylation sites (tertiary alicyclic amines) is 1. The summed E-state index contributed by atoms with van der Waals surface area (Å²) in [4.78, 5) is 7.34. The molecule has 0 radical (unpaired) electrons. The topological polar surface area (TPSA) is 69.1 Å². The second kappa shape index (κ2) is 12.3. The number of ether oxygens (including phenoxy) is 1. The van der Waals surface area contributed by atoms with E-state index in [-0.39, 0.29) is 12.2 Å². The third kappa shape index (κ3) is 7.25. The quantitative estimate of drug-likeness (QED) is 0.345. The Hall–Kier alpha value is -1.63. The Kier molecular flexibility index (Phi) is 9.43. The summed E-state index contributed by atoms with van der Waals surface area (Å²) in [6, 6.07) is 8.74. The molecular formula is C24H40N4O2. The van der Waals surface area contributed by atoms with E-state index in [0.29, 0.717) is 5.92 Å². The third-order valence-corrected chi connectivity index (χ3v) is 6.18. The number of aliphatic hydroxyl groups excluding tert-OH is 1. The van der Waals surface area contributed by atoms with Crippen LogP contribution in [-0.4, -0.2) is 67.9 Å². The number of aryl methyl sites for hydroxylation is 1. The van der Waals surface area contributed by atoms with Crippen LogP contribution in [0, 0.1) is 12.8 Å². The molecule has 2 fully saturated rings. The summed E-state index contributed by atoms with van der Waals surface area (Å²) in [7, 11) is 0. The predicted molar refractivity (Wildman–Crippen MR) is 123 cm³/mol. The largest absolute Gasteiger partial charge is 0.393 e. The fraction of sp³-hybridized carbons (Fsp3) is 0.708. The lowest BCUT2D eigenvalue weighted by Gasteiger charge is -2.31. The molecule has 30 heavy (non-hydrogen) atoms. The Balaban J connectivity index is 1.48. The number of guanidine groups is 1. The average Bonchev–Trinajstić information content (AvgIpc) is 2.77. The van der Waals surface area contributed by atoms with E-state index in [1.165, 1.54) is 11.1 Å². The van der Waals surface area contributed by atoms with Crippen molar-refractivity contribution < 1.29 is 9.84 Å². The van der Waals surface area contributed by atoms with Crippen molar-refractivity contribution in [3.8, 4) is 0 Å². The summed E-state index contributed by atoms with van der Waals surface area (Å²) in [5.41, 5.74) is 2.55. The SMILES string of the molecule is CCNC(=NCC1CCCOC1c1ccc(C)cc1)NCCCN1CCC(O)CC1. The molecule has 0 spiro atoms. The third-order valence-electron chi connectivity index (χ3n) is 6.18. The lowest BCUT2D eigenvalue weighted by atomic mass is 9.89. The molecule has 2 aliphatic heterocycles. The van der Waals surface area contributed by atoms with Crippen molar-refractivity contribution in [2.75, 3.05) is 45.9 Å². The van der Waals surface area contributed by atoms with E-state index in [4.69, 9.17) is 9.73 Å². The molecular weight excluding hydrogens is 376 g/mol. The average molecular weight is 417 g/mol. The minimum Gasteiger partial charge on any atom is -0.393 e. The molecule has 3 rings (SSSR count). The smallest absolute Gasteiger partial charge is 0.191 e. The van der Waals surface area contributed by atoms with Gasteiger partial charge in [0.05, 0.1) is 12.2 Å². The van der Waals surface area contributed by atoms with E-state index >= 15 is 0 Å². The molecule has 6 nitrogen and oxygen atoms in total. The number of aliphatic hydroxyl groups is 1. The lowest BCUT2D eigenvalue weighted by Crippen LogP contribution is -2.40. The number of hydrogen-bond donors (Lipinski definition) is 3. The molecule has 3 N–H and O–H groups in total. The summed E-state index contributed by atoms with van der Waals surface area (Å²) in [5, 5.41) is 16.5. The minimum absolute atomic E-state index is 0.0978. The molecule has 0 bridgehead atoms. The zero-order chi connectivity index (χ0) is 21.2. The number of rotatable bonds is 8. The molecule has 2 aliphatic rings. The molecule has 1 aromatic carbocycles. The summed E-state index contributed by atoms with van der Waals surface area (Å²) >= 11 is 0. The number of nitrogens with zero attached hydrogens (tertiary/aromatic N) is 2. The highest BCUT2D eigenvalue weighted by atomic mass is 16.5. The van der Waals surface area contributed by atoms with Crippen LogP contribution in [0.4, 0.5) is 0 Å². The van der Waals surface area contributed by atoms with Gasteiger partial charge in [0.2, 0.25) is 0 Å². The number of nitrogens with one attached hydrogen (secondary N) is 2. The molecule has 0 amide bonds. The number of piperidine rings is 1. The van der Waals surface area contributed by atoms with Crippen molar-refractivity contribution in [3.05, 3.63) is 35.4 Å². The Morgan fingerprint density at radius 2 is 1.93 bits per heavy atom. The van der Waals surface area contributed by atoms with Gasteiger partial charge < -0.3 is 25.4 Å². The van der Waals surface area contributed by atoms with Gasteiger partial charge in [-0.05, 0) is 58.1 Å². The van der Waals surface area contributed by atoms with Crippen LogP contribution in [0.3, 0.4) is 0 Å². The summed E-state index contributed by atoms with van der Waals surface area (Å²) in [6.07, 6.45) is 5.20. The van der Waals surface area contributed by atoms with Crippen molar-refractivity contribution in [2.45, 2.75) is 58.2 Å². The lowest BCUT2D eigenvalue weighted by molar-refractivity contribution is -0.0250. The molecule has 2 saturated heterocycles. The Morgan fingerprint density at radius 3 is 2.67 bits per heavy atom. The molecule has 0 aromatic heterocycles. The fourth-order valence-corrected chi connectivity index (χ4v) is 4.36. The molecule has 1 aromatic rings. The van der Waals surface area contributed by atoms with Crippen molar-refractivity contribution >= 4 is 5.96 Å². The van der Waals surface area contributed by atoms with Crippen molar-refractivity contribution in [2.24, 2.45) is 10.9 Å². The van der Waals surface area contributed by atoms with Crippen molar-refractivity contribution in [1.82, 2.24) is 15.5 Å². The highest BCUT2D eigenvalue weighted by Crippen LogP contribution is 2.33. The van der Waals surface area contributed by atoms with Crippen LogP contribution in [0.5, 0.6) is 0 Å². The molecule has 6 heteroatoms. The van der Waals surface area contributed by atoms with E-state index in [9.17, 15) is 5.11 Å². The summed E-state index contributed by atoms with van der Waals surface area (Å²) in [5.74, 6) is 1.32. The van der Waals surface area contributed by atoms with Crippen LogP contribution in [-0.2, 0) is 4.74 Å². The highest BCUT2D eigenvalue weighted by Gasteiger charge is 2.27. The van der Waals surface area contributed by atoms with Gasteiger partial charge in [0, 0.05) is 45.2 Å². The second-order valence-electron chi connectivity index (χ2n) is 8.68. The normalized spacial score (nSPS) is 24.0. The molecule has 2 atom stereocenters. The zero-order valence-corrected chi connectivity index (χ0v) is 18.8. The zero-order valence-electron chi connectivity index (χ0n) is 18.8. The van der Waals surface area contributed by atoms with E-state index in [1.807, 2.05) is 0 Å². The van der Waals surface area contributed by atoms with Crippen LogP contribution in [0.15, 0.2) is 29.3 Å². The van der Waals surface area contributed by atoms with Gasteiger partial charge in [-0.3, -0.25) is 4.99 Å². The maximum Gasteiger partial charge on any atom is 0.191 e. The number of benzene rings is 1. The summed E-state index contributed by atoms with van der Waals surface area (Å²) < 4.78 is 6.15. The first kappa shape index (κ1) is 23.0. The monoisotopic (exact) mass is 416 g/mol. The fourth-order valence-electron chi connectivity index (χ4n) is 4.36. The van der Waals surface area contributed by atoms with Crippen LogP contribution in [0.2, 0.25) is 0 Å². The van der Waals surface area contributed by atoms with E-state index in [0.717, 1.165) is 83.9 Å². The highest BCUT2D eigenvalue weighted by molar-refractivity contribution is 5.79. The number of hydrogen-bond acceptors (Lipinski definition) is 4. The van der Waals surface area contributed by atoms with Crippen molar-refractivity contribution in [1.29, 1.82) is 0 Å². The molecule has 0 saturated carbocycles. The van der Waals surface area contributed by atoms with E-state index in [2.05, 4.69) is 53.6 Å². The molecule has 2 unspecified atom stereocenters. The van der Waals surface area contributed by atoms with Crippen LogP contribution in [0.1, 0.15) is 56.3 Å². The minimum atomic E-state index is -0.0978. The van der Waals surface area contributed by atoms with Gasteiger partial charge in [0.1, 0.15) is 0 Å². The van der Waals surface area contributed by atoms with Crippen LogP contribution < -0.4 is 10.6 Å². The first-order valence-electron chi connectivity index (χ1n) is 11.8. The Labute approximate surface area is 182 Å². The Bertz CT molecular complexity index is 641. The van der Waals surface area contributed by atoms with Gasteiger partial charge in [0.25, 0.3) is 0 Å². The van der Waals surface area contributed by atoms with Gasteiger partial charge in [-0.2, -0.15) is 0 Å². The van der Waals surface area contributed by atoms with Gasteiger partial charge in [-0.25, -0.2) is 0 Å². The van der Waals surface area contributed by atoms with E-state index < -0.39 is 0 Å². The van der Waals surface area contributed by atoms with Gasteiger partial charge in [-0.15, -0.1) is 0 Å². The van der Waals surface area contributed by atoms with Crippen LogP contribution >= 0.6 is 0 Å². The van der Waals surface area contributed by atoms with Crippen molar-refractivity contribution in [3.63, 3.8) is 0 Å². The van der Waals surface area contributed by atoms with Crippen LogP contribution in [0.25, 0.3) is 0 Å². The second-order valence-corrected chi connectivity index (χ2v) is 8.68. The van der Waals surface area contributed by atoms with Gasteiger partial charge in [-0.1, -0.05) is 29.8 Å². The first-order valence-corrected chi connectivity index (χ1v) is 11.8. The maximum absolute atomic E-state index is 9.63. The standard InChI is InChI=1S/C24H40N4O2/c1-3-25-24(26-13-5-14-28-15-11-22(29)12-16-28)27-18-21-6-4-17-30-23(21)20-9-7-19(2)8-10-20/h7-10,21-23,29H,3-6,11-18H2,1-2H3,(H2,25,26,27). The number of aliphatic imine (C=N–C) groups is 1. The van der Waals surface area contributed by atoms with E-state index in [1.54, 1.807) is 0 Å².